The van der Waals surface area contributed by atoms with Crippen LogP contribution in [-0.4, -0.2) is 25.9 Å². The molecule has 3 rings (SSSR count). The lowest BCUT2D eigenvalue weighted by molar-refractivity contribution is -0.141. The van der Waals surface area contributed by atoms with Crippen molar-refractivity contribution in [1.29, 1.82) is 0 Å². The standard InChI is InChI=1S/C15H11F4N5O/c16-11-4-2-1-3-9(11)7-24-8-10(6-20-24)21-14(25)12-5-13(23-22-12)15(17,18)19/h1-6,8H,7H2,(H,21,25)(H,22,23). The van der Waals surface area contributed by atoms with E-state index >= 15 is 0 Å². The number of alkyl halides is 3. The van der Waals surface area contributed by atoms with E-state index in [9.17, 15) is 22.4 Å². The molecule has 0 unspecified atom stereocenters. The van der Waals surface area contributed by atoms with E-state index in [4.69, 9.17) is 0 Å². The van der Waals surface area contributed by atoms with Crippen molar-refractivity contribution in [3.63, 3.8) is 0 Å². The third-order valence-electron chi connectivity index (χ3n) is 3.30. The van der Waals surface area contributed by atoms with Gasteiger partial charge in [-0.05, 0) is 6.07 Å². The minimum Gasteiger partial charge on any atom is -0.318 e. The lowest BCUT2D eigenvalue weighted by Gasteiger charge is -2.03. The summed E-state index contributed by atoms with van der Waals surface area (Å²) in [5, 5.41) is 11.4. The maximum atomic E-state index is 13.6. The van der Waals surface area contributed by atoms with E-state index in [1.54, 1.807) is 23.3 Å². The normalized spacial score (nSPS) is 11.5. The van der Waals surface area contributed by atoms with E-state index < -0.39 is 23.5 Å². The number of carbonyl (C=O) groups excluding carboxylic acids is 1. The highest BCUT2D eigenvalue weighted by atomic mass is 19.4. The van der Waals surface area contributed by atoms with Crippen molar-refractivity contribution in [2.45, 2.75) is 12.7 Å². The fraction of sp³-hybridized carbons (Fsp3) is 0.133. The summed E-state index contributed by atoms with van der Waals surface area (Å²) in [6.45, 7) is 0.142. The predicted octanol–water partition coefficient (Wildman–Crippen LogP) is 3.06. The van der Waals surface area contributed by atoms with Crippen LogP contribution in [0.1, 0.15) is 21.7 Å². The minimum atomic E-state index is -4.61. The molecule has 10 heteroatoms. The Bertz CT molecular complexity index is 899. The Morgan fingerprint density at radius 2 is 2.04 bits per heavy atom. The summed E-state index contributed by atoms with van der Waals surface area (Å²) in [5.41, 5.74) is -0.870. The van der Waals surface area contributed by atoms with Crippen LogP contribution in [0.4, 0.5) is 23.2 Å². The van der Waals surface area contributed by atoms with Gasteiger partial charge in [0.25, 0.3) is 5.91 Å². The van der Waals surface area contributed by atoms with Gasteiger partial charge in [-0.3, -0.25) is 14.6 Å². The summed E-state index contributed by atoms with van der Waals surface area (Å²) >= 11 is 0. The smallest absolute Gasteiger partial charge is 0.318 e. The number of H-pyrrole nitrogens is 1. The number of carbonyl (C=O) groups is 1. The summed E-state index contributed by atoms with van der Waals surface area (Å²) in [7, 11) is 0. The average Bonchev–Trinajstić information content (AvgIpc) is 3.18. The van der Waals surface area contributed by atoms with Gasteiger partial charge in [0.1, 0.15) is 11.5 Å². The second kappa shape index (κ2) is 6.38. The lowest BCUT2D eigenvalue weighted by Crippen LogP contribution is -2.12. The zero-order chi connectivity index (χ0) is 18.0. The molecule has 0 aliphatic carbocycles. The van der Waals surface area contributed by atoms with Crippen molar-refractivity contribution in [2.75, 3.05) is 5.32 Å². The Kier molecular flexibility index (Phi) is 4.26. The van der Waals surface area contributed by atoms with Gasteiger partial charge in [-0.25, -0.2) is 4.39 Å². The number of amides is 1. The fourth-order valence-electron chi connectivity index (χ4n) is 2.09. The highest BCUT2D eigenvalue weighted by molar-refractivity contribution is 6.02. The number of benzene rings is 1. The fourth-order valence-corrected chi connectivity index (χ4v) is 2.09. The number of rotatable bonds is 4. The molecular formula is C15H11F4N5O. The van der Waals surface area contributed by atoms with E-state index in [1.165, 1.54) is 23.1 Å². The van der Waals surface area contributed by atoms with Crippen LogP contribution in [0.2, 0.25) is 0 Å². The van der Waals surface area contributed by atoms with Crippen molar-refractivity contribution >= 4 is 11.6 Å². The number of hydrogen-bond donors (Lipinski definition) is 2. The van der Waals surface area contributed by atoms with Gasteiger partial charge in [-0.1, -0.05) is 18.2 Å². The molecule has 0 atom stereocenters. The van der Waals surface area contributed by atoms with Crippen LogP contribution in [0.5, 0.6) is 0 Å². The molecule has 2 heterocycles. The molecule has 0 aliphatic heterocycles. The van der Waals surface area contributed by atoms with Crippen molar-refractivity contribution in [3.8, 4) is 0 Å². The highest BCUT2D eigenvalue weighted by Crippen LogP contribution is 2.27. The SMILES string of the molecule is O=C(Nc1cnn(Cc2ccccc2F)c1)c1cc(C(F)(F)F)[nH]n1. The first kappa shape index (κ1) is 16.7. The van der Waals surface area contributed by atoms with Gasteiger partial charge >= 0.3 is 6.18 Å². The summed E-state index contributed by atoms with van der Waals surface area (Å²) in [5.74, 6) is -1.21. The van der Waals surface area contributed by atoms with Gasteiger partial charge in [-0.15, -0.1) is 0 Å². The molecule has 0 radical (unpaired) electrons. The van der Waals surface area contributed by atoms with Crippen molar-refractivity contribution < 1.29 is 22.4 Å². The molecule has 1 aromatic carbocycles. The quantitative estimate of drug-likeness (QED) is 0.708. The van der Waals surface area contributed by atoms with Crippen LogP contribution < -0.4 is 5.32 Å². The van der Waals surface area contributed by atoms with Gasteiger partial charge in [0, 0.05) is 17.8 Å². The lowest BCUT2D eigenvalue weighted by atomic mass is 10.2. The zero-order valence-electron chi connectivity index (χ0n) is 12.5. The Morgan fingerprint density at radius 3 is 2.72 bits per heavy atom. The third-order valence-corrected chi connectivity index (χ3v) is 3.30. The Labute approximate surface area is 138 Å². The molecular weight excluding hydrogens is 342 g/mol. The number of nitrogens with one attached hydrogen (secondary N) is 2. The van der Waals surface area contributed by atoms with Crippen LogP contribution in [0, 0.1) is 5.82 Å². The van der Waals surface area contributed by atoms with Gasteiger partial charge in [0.05, 0.1) is 18.4 Å². The number of nitrogens with zero attached hydrogens (tertiary/aromatic N) is 3. The summed E-state index contributed by atoms with van der Waals surface area (Å²) < 4.78 is 52.4. The maximum Gasteiger partial charge on any atom is 0.432 e. The predicted molar refractivity (Wildman–Crippen MR) is 79.3 cm³/mol. The van der Waals surface area contributed by atoms with Crippen LogP contribution in [-0.2, 0) is 12.7 Å². The topological polar surface area (TPSA) is 75.6 Å². The Balaban J connectivity index is 1.68. The molecule has 1 amide bonds. The van der Waals surface area contributed by atoms with Gasteiger partial charge in [0.15, 0.2) is 5.69 Å². The summed E-state index contributed by atoms with van der Waals surface area (Å²) in [6, 6.07) is 6.77. The van der Waals surface area contributed by atoms with Crippen LogP contribution in [0.3, 0.4) is 0 Å². The highest BCUT2D eigenvalue weighted by Gasteiger charge is 2.33. The third kappa shape index (κ3) is 3.84. The molecule has 2 N–H and O–H groups in total. The van der Waals surface area contributed by atoms with Gasteiger partial charge in [-0.2, -0.15) is 23.4 Å². The van der Waals surface area contributed by atoms with Crippen molar-refractivity contribution in [3.05, 3.63) is 65.5 Å². The van der Waals surface area contributed by atoms with Crippen LogP contribution >= 0.6 is 0 Å². The number of aromatic nitrogens is 4. The second-order valence-corrected chi connectivity index (χ2v) is 5.14. The van der Waals surface area contributed by atoms with E-state index in [-0.39, 0.29) is 18.0 Å². The molecule has 3 aromatic rings. The van der Waals surface area contributed by atoms with E-state index in [1.807, 2.05) is 0 Å². The number of hydrogen-bond acceptors (Lipinski definition) is 3. The van der Waals surface area contributed by atoms with Crippen LogP contribution in [0.25, 0.3) is 0 Å². The van der Waals surface area contributed by atoms with Crippen molar-refractivity contribution in [1.82, 2.24) is 20.0 Å². The molecule has 25 heavy (non-hydrogen) atoms. The molecule has 0 aliphatic rings. The largest absolute Gasteiger partial charge is 0.432 e. The zero-order valence-corrected chi connectivity index (χ0v) is 12.5. The van der Waals surface area contributed by atoms with E-state index in [0.717, 1.165) is 0 Å². The molecule has 6 nitrogen and oxygen atoms in total. The summed E-state index contributed by atoms with van der Waals surface area (Å²) in [6.07, 6.45) is -1.88. The minimum absolute atomic E-state index is 0.142. The molecule has 0 fully saturated rings. The summed E-state index contributed by atoms with van der Waals surface area (Å²) in [4.78, 5) is 11.9. The second-order valence-electron chi connectivity index (χ2n) is 5.14. The maximum absolute atomic E-state index is 13.6. The monoisotopic (exact) mass is 353 g/mol. The molecule has 130 valence electrons. The first-order valence-corrected chi connectivity index (χ1v) is 7.03. The first-order valence-electron chi connectivity index (χ1n) is 7.03. The Hall–Kier alpha value is -3.17. The average molecular weight is 353 g/mol. The number of halogens is 4. The van der Waals surface area contributed by atoms with Gasteiger partial charge < -0.3 is 5.32 Å². The van der Waals surface area contributed by atoms with E-state index in [2.05, 4.69) is 15.5 Å². The molecule has 0 saturated heterocycles. The molecule has 0 saturated carbocycles. The first-order chi connectivity index (χ1) is 11.8. The van der Waals surface area contributed by atoms with Crippen molar-refractivity contribution in [2.24, 2.45) is 0 Å². The van der Waals surface area contributed by atoms with E-state index in [0.29, 0.717) is 11.6 Å². The Morgan fingerprint density at radius 1 is 1.28 bits per heavy atom. The van der Waals surface area contributed by atoms with Gasteiger partial charge in [0.2, 0.25) is 0 Å². The molecule has 0 bridgehead atoms. The molecule has 0 spiro atoms. The number of aromatic amines is 1. The number of anilines is 1. The molecule has 2 aromatic heterocycles. The van der Waals surface area contributed by atoms with Crippen LogP contribution in [0.15, 0.2) is 42.7 Å².